The Labute approximate surface area is 141 Å². The molecule has 0 aromatic heterocycles. The Morgan fingerprint density at radius 3 is 1.88 bits per heavy atom. The Morgan fingerprint density at radius 2 is 1.42 bits per heavy atom. The van der Waals surface area contributed by atoms with Crippen LogP contribution in [0, 0.1) is 11.3 Å². The molecule has 1 atom stereocenters. The molecule has 1 N–H and O–H groups in total. The van der Waals surface area contributed by atoms with Crippen LogP contribution < -0.4 is 4.72 Å². The summed E-state index contributed by atoms with van der Waals surface area (Å²) in [6.45, 7) is 1.66. The fourth-order valence-corrected chi connectivity index (χ4v) is 3.94. The molecule has 0 bridgehead atoms. The Hall–Kier alpha value is -2.21. The van der Waals surface area contributed by atoms with Gasteiger partial charge in [0.2, 0.25) is 10.0 Å². The van der Waals surface area contributed by atoms with Gasteiger partial charge in [-0.25, -0.2) is 21.6 Å². The van der Waals surface area contributed by atoms with Crippen LogP contribution in [0.4, 0.5) is 0 Å². The number of nitrogens with one attached hydrogen (secondary N) is 1. The molecule has 0 unspecified atom stereocenters. The van der Waals surface area contributed by atoms with Crippen molar-refractivity contribution >= 4 is 19.9 Å². The SMILES string of the molecule is C[C@@H](NS(=O)(=O)c1ccc(C#N)cc1)c1ccc(S(C)(=O)=O)cc1. The first-order chi connectivity index (χ1) is 11.1. The van der Waals surface area contributed by atoms with Gasteiger partial charge in [0.15, 0.2) is 9.84 Å². The molecule has 0 heterocycles. The molecule has 0 aliphatic carbocycles. The van der Waals surface area contributed by atoms with Crippen LogP contribution in [-0.4, -0.2) is 23.1 Å². The van der Waals surface area contributed by atoms with Crippen molar-refractivity contribution in [3.8, 4) is 6.07 Å². The highest BCUT2D eigenvalue weighted by atomic mass is 32.2. The number of nitriles is 1. The average Bonchev–Trinajstić information content (AvgIpc) is 2.54. The first-order valence-electron chi connectivity index (χ1n) is 6.96. The van der Waals surface area contributed by atoms with Crippen molar-refractivity contribution in [2.24, 2.45) is 0 Å². The fraction of sp³-hybridized carbons (Fsp3) is 0.188. The molecule has 0 aliphatic heterocycles. The quantitative estimate of drug-likeness (QED) is 0.874. The summed E-state index contributed by atoms with van der Waals surface area (Å²) in [5, 5.41) is 8.75. The van der Waals surface area contributed by atoms with E-state index in [1.807, 2.05) is 6.07 Å². The lowest BCUT2D eigenvalue weighted by Crippen LogP contribution is -2.26. The monoisotopic (exact) mass is 364 g/mol. The molecular formula is C16H16N2O4S2. The molecule has 0 aliphatic rings. The van der Waals surface area contributed by atoms with Gasteiger partial charge in [0, 0.05) is 12.3 Å². The van der Waals surface area contributed by atoms with E-state index in [4.69, 9.17) is 5.26 Å². The summed E-state index contributed by atoms with van der Waals surface area (Å²) in [4.78, 5) is 0.231. The highest BCUT2D eigenvalue weighted by Gasteiger charge is 2.18. The summed E-state index contributed by atoms with van der Waals surface area (Å²) in [7, 11) is -7.04. The molecule has 2 aromatic rings. The minimum absolute atomic E-state index is 0.0566. The summed E-state index contributed by atoms with van der Waals surface area (Å²) in [6, 6.07) is 13.0. The third kappa shape index (κ3) is 4.20. The van der Waals surface area contributed by atoms with Gasteiger partial charge in [-0.2, -0.15) is 5.26 Å². The lowest BCUT2D eigenvalue weighted by atomic mass is 10.1. The summed E-state index contributed by atoms with van der Waals surface area (Å²) >= 11 is 0. The van der Waals surface area contributed by atoms with Crippen molar-refractivity contribution in [1.29, 1.82) is 5.26 Å². The van der Waals surface area contributed by atoms with Crippen molar-refractivity contribution in [1.82, 2.24) is 4.72 Å². The van der Waals surface area contributed by atoms with E-state index in [0.717, 1.165) is 6.26 Å². The van der Waals surface area contributed by atoms with E-state index in [9.17, 15) is 16.8 Å². The van der Waals surface area contributed by atoms with Crippen molar-refractivity contribution in [2.75, 3.05) is 6.26 Å². The maximum atomic E-state index is 12.4. The van der Waals surface area contributed by atoms with Crippen molar-refractivity contribution in [3.63, 3.8) is 0 Å². The molecule has 2 rings (SSSR count). The van der Waals surface area contributed by atoms with Gasteiger partial charge in [-0.05, 0) is 48.9 Å². The van der Waals surface area contributed by atoms with E-state index in [0.29, 0.717) is 11.1 Å². The molecule has 2 aromatic carbocycles. The number of hydrogen-bond donors (Lipinski definition) is 1. The predicted molar refractivity (Wildman–Crippen MR) is 89.4 cm³/mol. The second kappa shape index (κ2) is 6.73. The number of nitrogens with zero attached hydrogens (tertiary/aromatic N) is 1. The van der Waals surface area contributed by atoms with E-state index in [1.54, 1.807) is 19.1 Å². The van der Waals surface area contributed by atoms with Gasteiger partial charge in [-0.1, -0.05) is 12.1 Å². The van der Waals surface area contributed by atoms with Crippen LogP contribution in [0.15, 0.2) is 58.3 Å². The van der Waals surface area contributed by atoms with Crippen LogP contribution in [0.2, 0.25) is 0 Å². The maximum Gasteiger partial charge on any atom is 0.241 e. The van der Waals surface area contributed by atoms with E-state index >= 15 is 0 Å². The normalized spacial score (nSPS) is 13.2. The topological polar surface area (TPSA) is 104 Å². The summed E-state index contributed by atoms with van der Waals surface area (Å²) in [5.74, 6) is 0. The minimum atomic E-state index is -3.75. The number of sulfone groups is 1. The second-order valence-electron chi connectivity index (χ2n) is 5.32. The number of hydrogen-bond acceptors (Lipinski definition) is 5. The molecule has 8 heteroatoms. The molecule has 0 amide bonds. The van der Waals surface area contributed by atoms with Crippen molar-refractivity contribution in [3.05, 3.63) is 59.7 Å². The third-order valence-corrected chi connectivity index (χ3v) is 6.12. The van der Waals surface area contributed by atoms with Gasteiger partial charge in [0.25, 0.3) is 0 Å². The van der Waals surface area contributed by atoms with Gasteiger partial charge in [-0.15, -0.1) is 0 Å². The second-order valence-corrected chi connectivity index (χ2v) is 9.05. The number of benzene rings is 2. The summed E-state index contributed by atoms with van der Waals surface area (Å²) in [5.41, 5.74) is 1.01. The zero-order chi connectivity index (χ0) is 18.0. The lowest BCUT2D eigenvalue weighted by Gasteiger charge is -2.15. The molecule has 0 spiro atoms. The molecule has 24 heavy (non-hydrogen) atoms. The number of sulfonamides is 1. The van der Waals surface area contributed by atoms with Crippen LogP contribution in [-0.2, 0) is 19.9 Å². The third-order valence-electron chi connectivity index (χ3n) is 3.43. The van der Waals surface area contributed by atoms with Crippen LogP contribution in [0.5, 0.6) is 0 Å². The standard InChI is InChI=1S/C16H16N2O4S2/c1-12(14-5-9-15(10-6-14)23(2,19)20)18-24(21,22)16-7-3-13(11-17)4-8-16/h3-10,12,18H,1-2H3/t12-/m1/s1. The molecule has 0 saturated heterocycles. The van der Waals surface area contributed by atoms with Gasteiger partial charge < -0.3 is 0 Å². The van der Waals surface area contributed by atoms with E-state index in [2.05, 4.69) is 4.72 Å². The zero-order valence-corrected chi connectivity index (χ0v) is 14.7. The van der Waals surface area contributed by atoms with Crippen LogP contribution in [0.1, 0.15) is 24.1 Å². The van der Waals surface area contributed by atoms with Gasteiger partial charge in [0.05, 0.1) is 21.4 Å². The Balaban J connectivity index is 2.21. The molecule has 0 radical (unpaired) electrons. The number of rotatable bonds is 5. The Bertz CT molecular complexity index is 972. The highest BCUT2D eigenvalue weighted by molar-refractivity contribution is 7.90. The first-order valence-corrected chi connectivity index (χ1v) is 10.3. The van der Waals surface area contributed by atoms with Gasteiger partial charge >= 0.3 is 0 Å². The first kappa shape index (κ1) is 18.1. The van der Waals surface area contributed by atoms with E-state index in [-0.39, 0.29) is 9.79 Å². The predicted octanol–water partition coefficient (Wildman–Crippen LogP) is 2.00. The van der Waals surface area contributed by atoms with Gasteiger partial charge in [0.1, 0.15) is 0 Å². The van der Waals surface area contributed by atoms with Crippen LogP contribution in [0.25, 0.3) is 0 Å². The molecule has 0 fully saturated rings. The molecular weight excluding hydrogens is 348 g/mol. The highest BCUT2D eigenvalue weighted by Crippen LogP contribution is 2.19. The zero-order valence-electron chi connectivity index (χ0n) is 13.1. The van der Waals surface area contributed by atoms with Gasteiger partial charge in [-0.3, -0.25) is 0 Å². The maximum absolute atomic E-state index is 12.4. The summed E-state index contributed by atoms with van der Waals surface area (Å²) < 4.78 is 50.1. The Morgan fingerprint density at radius 1 is 0.917 bits per heavy atom. The largest absolute Gasteiger partial charge is 0.241 e. The molecule has 126 valence electrons. The Kier molecular flexibility index (Phi) is 5.08. The fourth-order valence-electron chi connectivity index (χ4n) is 2.08. The van der Waals surface area contributed by atoms with Crippen LogP contribution >= 0.6 is 0 Å². The average molecular weight is 364 g/mol. The smallest absolute Gasteiger partial charge is 0.224 e. The minimum Gasteiger partial charge on any atom is -0.224 e. The van der Waals surface area contributed by atoms with E-state index in [1.165, 1.54) is 36.4 Å². The van der Waals surface area contributed by atoms with E-state index < -0.39 is 25.9 Å². The van der Waals surface area contributed by atoms with Crippen molar-refractivity contribution < 1.29 is 16.8 Å². The van der Waals surface area contributed by atoms with Crippen LogP contribution in [0.3, 0.4) is 0 Å². The lowest BCUT2D eigenvalue weighted by molar-refractivity contribution is 0.566. The molecule has 0 saturated carbocycles. The summed E-state index contributed by atoms with van der Waals surface area (Å²) in [6.07, 6.45) is 1.11. The van der Waals surface area contributed by atoms with Crippen molar-refractivity contribution in [2.45, 2.75) is 22.8 Å². The molecule has 6 nitrogen and oxygen atoms in total.